The van der Waals surface area contributed by atoms with Gasteiger partial charge in [0.05, 0.1) is 43.8 Å². The summed E-state index contributed by atoms with van der Waals surface area (Å²) in [6.07, 6.45) is 7.13. The molecule has 0 amide bonds. The molecule has 0 radical (unpaired) electrons. The van der Waals surface area contributed by atoms with E-state index in [0.29, 0.717) is 49.9 Å². The van der Waals surface area contributed by atoms with Gasteiger partial charge in [-0.2, -0.15) is 8.88 Å². The molecule has 0 unspecified atom stereocenters. The maximum atomic E-state index is 13.6. The van der Waals surface area contributed by atoms with Gasteiger partial charge < -0.3 is 18.7 Å². The molecule has 0 bridgehead atoms. The fourth-order valence-corrected chi connectivity index (χ4v) is 9.94. The van der Waals surface area contributed by atoms with Crippen LogP contribution in [0.25, 0.3) is 0 Å². The molecule has 3 aliphatic rings. The van der Waals surface area contributed by atoms with Crippen LogP contribution in [0.5, 0.6) is 0 Å². The van der Waals surface area contributed by atoms with Crippen LogP contribution in [0.3, 0.4) is 0 Å². The van der Waals surface area contributed by atoms with Crippen LogP contribution in [0.15, 0.2) is 65.2 Å². The van der Waals surface area contributed by atoms with Crippen molar-refractivity contribution in [1.82, 2.24) is 4.31 Å². The average molecular weight is 783 g/mol. The summed E-state index contributed by atoms with van der Waals surface area (Å²) in [5.41, 5.74) is 4.36. The lowest BCUT2D eigenvalue weighted by Crippen LogP contribution is -2.40. The van der Waals surface area contributed by atoms with Crippen molar-refractivity contribution in [3.63, 3.8) is 0 Å². The number of ether oxygens (including phenoxy) is 1. The molecule has 0 saturated carbocycles. The van der Waals surface area contributed by atoms with Gasteiger partial charge in [-0.1, -0.05) is 37.6 Å². The van der Waals surface area contributed by atoms with E-state index < -0.39 is 52.6 Å². The zero-order chi connectivity index (χ0) is 37.4. The number of anilines is 1. The number of sulfonamides is 1. The summed E-state index contributed by atoms with van der Waals surface area (Å²) in [5, 5.41) is 0.560. The number of hydrogen-bond acceptors (Lipinski definition) is 10. The van der Waals surface area contributed by atoms with Crippen LogP contribution < -0.4 is 4.90 Å². The molecule has 1 saturated heterocycles. The third kappa shape index (κ3) is 8.78. The molecule has 2 aromatic rings. The molecule has 280 valence electrons. The van der Waals surface area contributed by atoms with E-state index in [0.717, 1.165) is 28.2 Å². The average Bonchev–Trinajstić information content (AvgIpc) is 3.38. The SMILES string of the molecule is CC1(C)C(=CC=CC2=[N+](CCCCS(=O)(=O)[O-])c3cc(Cl)ccc3C2(C)C)N(CCCCS(=O)(=O)[O-])c2cc(S(=O)(=O)N3CCOCC3)ccc21. The van der Waals surface area contributed by atoms with E-state index in [-0.39, 0.29) is 30.8 Å². The van der Waals surface area contributed by atoms with Gasteiger partial charge in [0.2, 0.25) is 15.7 Å². The highest BCUT2D eigenvalue weighted by molar-refractivity contribution is 7.89. The van der Waals surface area contributed by atoms with Crippen molar-refractivity contribution in [2.45, 2.75) is 69.1 Å². The fourth-order valence-electron chi connectivity index (χ4n) is 7.23. The Bertz CT molecular complexity index is 2090. The van der Waals surface area contributed by atoms with E-state index in [1.807, 2.05) is 61.2 Å². The molecule has 3 heterocycles. The Morgan fingerprint density at radius 1 is 0.843 bits per heavy atom. The van der Waals surface area contributed by atoms with Crippen LogP contribution in [-0.2, 0) is 45.8 Å². The van der Waals surface area contributed by atoms with Crippen LogP contribution in [0, 0.1) is 0 Å². The summed E-state index contributed by atoms with van der Waals surface area (Å²) < 4.78 is 104. The van der Waals surface area contributed by atoms with Gasteiger partial charge in [-0.05, 0) is 69.0 Å². The lowest BCUT2D eigenvalue weighted by atomic mass is 9.81. The third-order valence-electron chi connectivity index (χ3n) is 9.89. The molecule has 3 aliphatic heterocycles. The Hall–Kier alpha value is -2.63. The molecule has 0 N–H and O–H groups in total. The van der Waals surface area contributed by atoms with E-state index in [4.69, 9.17) is 16.3 Å². The molecule has 2 aromatic carbocycles. The maximum Gasteiger partial charge on any atom is 0.243 e. The molecule has 0 aliphatic carbocycles. The monoisotopic (exact) mass is 782 g/mol. The Morgan fingerprint density at radius 3 is 2.12 bits per heavy atom. The number of fused-ring (bicyclic) bond motifs is 2. The molecule has 0 atom stereocenters. The van der Waals surface area contributed by atoms with Crippen LogP contribution >= 0.6 is 11.6 Å². The van der Waals surface area contributed by atoms with Gasteiger partial charge in [-0.15, -0.1) is 0 Å². The zero-order valence-corrected chi connectivity index (χ0v) is 32.5. The molecule has 5 rings (SSSR count). The summed E-state index contributed by atoms with van der Waals surface area (Å²) in [7, 11) is -12.5. The first-order valence-electron chi connectivity index (χ1n) is 16.9. The van der Waals surface area contributed by atoms with Gasteiger partial charge in [0.1, 0.15) is 6.54 Å². The number of hydrogen-bond donors (Lipinski definition) is 0. The summed E-state index contributed by atoms with van der Waals surface area (Å²) in [6, 6.07) is 10.8. The molecule has 16 heteroatoms. The number of morpholine rings is 1. The molecule has 0 spiro atoms. The van der Waals surface area contributed by atoms with Crippen LogP contribution in [0.4, 0.5) is 11.4 Å². The third-order valence-corrected chi connectivity index (χ3v) is 13.6. The van der Waals surface area contributed by atoms with Crippen molar-refractivity contribution in [2.24, 2.45) is 0 Å². The van der Waals surface area contributed by atoms with Crippen LogP contribution in [0.1, 0.15) is 64.5 Å². The van der Waals surface area contributed by atoms with E-state index in [1.165, 1.54) is 4.31 Å². The van der Waals surface area contributed by atoms with E-state index >= 15 is 0 Å². The minimum absolute atomic E-state index is 0.155. The van der Waals surface area contributed by atoms with E-state index in [2.05, 4.69) is 18.4 Å². The lowest BCUT2D eigenvalue weighted by Gasteiger charge is -2.27. The number of nitrogens with zero attached hydrogens (tertiary/aromatic N) is 3. The summed E-state index contributed by atoms with van der Waals surface area (Å²) in [6.45, 7) is 10.3. The minimum atomic E-state index is -4.39. The second-order valence-electron chi connectivity index (χ2n) is 14.1. The van der Waals surface area contributed by atoms with Gasteiger partial charge in [-0.3, -0.25) is 0 Å². The van der Waals surface area contributed by atoms with Crippen molar-refractivity contribution in [1.29, 1.82) is 0 Å². The number of rotatable bonds is 14. The smallest absolute Gasteiger partial charge is 0.243 e. The highest BCUT2D eigenvalue weighted by Gasteiger charge is 2.45. The normalized spacial score (nSPS) is 20.1. The minimum Gasteiger partial charge on any atom is -0.748 e. The highest BCUT2D eigenvalue weighted by atomic mass is 35.5. The number of allylic oxidation sites excluding steroid dienone is 4. The summed E-state index contributed by atoms with van der Waals surface area (Å²) in [5.74, 6) is -0.929. The quantitative estimate of drug-likeness (QED) is 0.150. The van der Waals surface area contributed by atoms with Gasteiger partial charge in [-0.25, -0.2) is 25.3 Å². The topological polar surface area (TPSA) is 167 Å². The number of unbranched alkanes of at least 4 members (excludes halogenated alkanes) is 2. The summed E-state index contributed by atoms with van der Waals surface area (Å²) in [4.78, 5) is 2.17. The molecular formula is C35H45ClN3O9S3-. The Balaban J connectivity index is 1.53. The molecule has 51 heavy (non-hydrogen) atoms. The second kappa shape index (κ2) is 15.0. The van der Waals surface area contributed by atoms with E-state index in [9.17, 15) is 34.4 Å². The van der Waals surface area contributed by atoms with Gasteiger partial charge in [0.15, 0.2) is 5.71 Å². The van der Waals surface area contributed by atoms with Crippen LogP contribution in [0.2, 0.25) is 5.02 Å². The number of benzene rings is 2. The second-order valence-corrected chi connectivity index (χ2v) is 19.6. The van der Waals surface area contributed by atoms with Crippen LogP contribution in [-0.4, -0.2) is 99.8 Å². The fraction of sp³-hybridized carbons (Fsp3) is 0.514. The first-order chi connectivity index (χ1) is 23.7. The van der Waals surface area contributed by atoms with Crippen molar-refractivity contribution in [3.05, 3.63) is 76.5 Å². The zero-order valence-electron chi connectivity index (χ0n) is 29.3. The lowest BCUT2D eigenvalue weighted by molar-refractivity contribution is -0.438. The van der Waals surface area contributed by atoms with Crippen molar-refractivity contribution < 1.29 is 43.7 Å². The molecule has 0 aromatic heterocycles. The molecule has 12 nitrogen and oxygen atoms in total. The Labute approximate surface area is 307 Å². The predicted molar refractivity (Wildman–Crippen MR) is 195 cm³/mol. The molecule has 1 fully saturated rings. The van der Waals surface area contributed by atoms with Crippen molar-refractivity contribution >= 4 is 58.9 Å². The predicted octanol–water partition coefficient (Wildman–Crippen LogP) is 4.63. The van der Waals surface area contributed by atoms with Gasteiger partial charge in [0, 0.05) is 77.1 Å². The van der Waals surface area contributed by atoms with Gasteiger partial charge >= 0.3 is 0 Å². The first kappa shape index (κ1) is 39.6. The Morgan fingerprint density at radius 2 is 1.47 bits per heavy atom. The van der Waals surface area contributed by atoms with Crippen molar-refractivity contribution in [3.8, 4) is 0 Å². The highest BCUT2D eigenvalue weighted by Crippen LogP contribution is 2.49. The maximum absolute atomic E-state index is 13.6. The Kier molecular flexibility index (Phi) is 11.6. The van der Waals surface area contributed by atoms with Crippen molar-refractivity contribution in [2.75, 3.05) is 55.8 Å². The summed E-state index contributed by atoms with van der Waals surface area (Å²) >= 11 is 6.41. The standard InChI is InChI=1S/C35H46ClN3O9S3/c1-34(2)28-14-12-26(36)24-30(28)38(16-5-7-22-49(40,41)42)32(34)10-9-11-33-35(3,4)29-15-13-27(51(46,47)37-18-20-48-21-19-37)25-31(29)39(33)17-6-8-23-50(43,44)45/h9-15,24-25H,5-8,16-23H2,1-4H3,(H-,40,41,42,43,44,45)/p-1. The molecular weight excluding hydrogens is 738 g/mol. The number of halogens is 1. The largest absolute Gasteiger partial charge is 0.748 e. The van der Waals surface area contributed by atoms with Gasteiger partial charge in [0.25, 0.3) is 0 Å². The van der Waals surface area contributed by atoms with E-state index in [1.54, 1.807) is 12.1 Å². The first-order valence-corrected chi connectivity index (χ1v) is 21.9.